The van der Waals surface area contributed by atoms with Gasteiger partial charge >= 0.3 is 18.0 Å². The van der Waals surface area contributed by atoms with Gasteiger partial charge in [-0.15, -0.1) is 0 Å². The van der Waals surface area contributed by atoms with Gasteiger partial charge in [0.2, 0.25) is 0 Å². The molecular formula is C11H19N3O5. The van der Waals surface area contributed by atoms with E-state index in [1.807, 2.05) is 7.05 Å². The fraction of sp³-hybridized carbons (Fsp3) is 0.727. The lowest BCUT2D eigenvalue weighted by Gasteiger charge is -2.23. The minimum Gasteiger partial charge on any atom is -0.481 e. The summed E-state index contributed by atoms with van der Waals surface area (Å²) >= 11 is 0. The molecule has 0 radical (unpaired) electrons. The Hall–Kier alpha value is -1.83. The second kappa shape index (κ2) is 6.93. The molecule has 0 aromatic heterocycles. The van der Waals surface area contributed by atoms with Gasteiger partial charge in [0.15, 0.2) is 0 Å². The molecule has 0 aliphatic carbocycles. The van der Waals surface area contributed by atoms with E-state index in [1.54, 1.807) is 0 Å². The van der Waals surface area contributed by atoms with Gasteiger partial charge in [-0.1, -0.05) is 0 Å². The number of aliphatic carboxylic acids is 2. The molecule has 0 aromatic carbocycles. The van der Waals surface area contributed by atoms with E-state index in [9.17, 15) is 14.4 Å². The highest BCUT2D eigenvalue weighted by atomic mass is 16.4. The zero-order valence-corrected chi connectivity index (χ0v) is 10.8. The van der Waals surface area contributed by atoms with E-state index in [0.29, 0.717) is 19.6 Å². The molecule has 0 spiro atoms. The number of carbonyl (C=O) groups excluding carboxylic acids is 1. The SMILES string of the molecule is CN1CCCN(C(=O)N[C@@H](CC(=O)O)C(=O)O)CC1. The molecule has 0 aromatic rings. The number of rotatable bonds is 4. The van der Waals surface area contributed by atoms with Crippen LogP contribution in [-0.2, 0) is 9.59 Å². The van der Waals surface area contributed by atoms with Crippen LogP contribution in [0.5, 0.6) is 0 Å². The maximum absolute atomic E-state index is 11.9. The van der Waals surface area contributed by atoms with Crippen LogP contribution in [0, 0.1) is 0 Å². The van der Waals surface area contributed by atoms with Gasteiger partial charge in [0, 0.05) is 19.6 Å². The predicted molar refractivity (Wildman–Crippen MR) is 65.9 cm³/mol. The molecule has 8 heteroatoms. The van der Waals surface area contributed by atoms with Crippen molar-refractivity contribution in [2.45, 2.75) is 18.9 Å². The molecule has 0 unspecified atom stereocenters. The quantitative estimate of drug-likeness (QED) is 0.622. The van der Waals surface area contributed by atoms with Gasteiger partial charge in [0.25, 0.3) is 0 Å². The Morgan fingerprint density at radius 2 is 1.84 bits per heavy atom. The molecule has 2 amide bonds. The number of hydrogen-bond acceptors (Lipinski definition) is 4. The van der Waals surface area contributed by atoms with Crippen molar-refractivity contribution in [1.29, 1.82) is 0 Å². The van der Waals surface area contributed by atoms with Gasteiger partial charge in [-0.3, -0.25) is 4.79 Å². The smallest absolute Gasteiger partial charge is 0.326 e. The van der Waals surface area contributed by atoms with Crippen LogP contribution in [0.2, 0.25) is 0 Å². The van der Waals surface area contributed by atoms with E-state index in [1.165, 1.54) is 4.90 Å². The van der Waals surface area contributed by atoms with Gasteiger partial charge in [-0.25, -0.2) is 9.59 Å². The van der Waals surface area contributed by atoms with Crippen LogP contribution in [0.15, 0.2) is 0 Å². The zero-order chi connectivity index (χ0) is 14.4. The Morgan fingerprint density at radius 3 is 2.42 bits per heavy atom. The minimum absolute atomic E-state index is 0.502. The summed E-state index contributed by atoms with van der Waals surface area (Å²) in [4.78, 5) is 36.9. The van der Waals surface area contributed by atoms with Crippen LogP contribution in [0.1, 0.15) is 12.8 Å². The van der Waals surface area contributed by atoms with Crippen molar-refractivity contribution in [1.82, 2.24) is 15.1 Å². The lowest BCUT2D eigenvalue weighted by Crippen LogP contribution is -2.49. The summed E-state index contributed by atoms with van der Waals surface area (Å²) in [5.41, 5.74) is 0. The van der Waals surface area contributed by atoms with Crippen molar-refractivity contribution < 1.29 is 24.6 Å². The van der Waals surface area contributed by atoms with Crippen LogP contribution in [-0.4, -0.2) is 77.3 Å². The summed E-state index contributed by atoms with van der Waals surface area (Å²) in [5.74, 6) is -2.61. The molecule has 1 heterocycles. The molecule has 0 bridgehead atoms. The normalized spacial score (nSPS) is 18.5. The van der Waals surface area contributed by atoms with Gasteiger partial charge < -0.3 is 25.3 Å². The number of likely N-dealkylation sites (N-methyl/N-ethyl adjacent to an activating group) is 1. The summed E-state index contributed by atoms with van der Waals surface area (Å²) in [6.45, 7) is 2.63. The molecule has 108 valence electrons. The molecular weight excluding hydrogens is 254 g/mol. The zero-order valence-electron chi connectivity index (χ0n) is 10.8. The highest BCUT2D eigenvalue weighted by molar-refractivity contribution is 5.86. The number of nitrogens with one attached hydrogen (secondary N) is 1. The summed E-state index contributed by atoms with van der Waals surface area (Å²) in [5, 5.41) is 19.7. The Bertz CT molecular complexity index is 360. The van der Waals surface area contributed by atoms with Crippen LogP contribution in [0.4, 0.5) is 4.79 Å². The number of nitrogens with zero attached hydrogens (tertiary/aromatic N) is 2. The number of carboxylic acids is 2. The standard InChI is InChI=1S/C11H19N3O5/c1-13-3-2-4-14(6-5-13)11(19)12-8(10(17)18)7-9(15)16/h8H,2-7H2,1H3,(H,12,19)(H,15,16)(H,17,18)/t8-/m0/s1. The molecule has 1 atom stereocenters. The first-order valence-electron chi connectivity index (χ1n) is 6.08. The van der Waals surface area contributed by atoms with Gasteiger partial charge in [-0.2, -0.15) is 0 Å². The van der Waals surface area contributed by atoms with Crippen LogP contribution in [0.25, 0.3) is 0 Å². The summed E-state index contributed by atoms with van der Waals surface area (Å²) in [6.07, 6.45) is 0.176. The number of amides is 2. The Labute approximate surface area is 111 Å². The highest BCUT2D eigenvalue weighted by Gasteiger charge is 2.26. The van der Waals surface area contributed by atoms with Crippen LogP contribution in [0.3, 0.4) is 0 Å². The summed E-state index contributed by atoms with van der Waals surface area (Å²) in [7, 11) is 1.95. The van der Waals surface area contributed by atoms with Crippen molar-refractivity contribution in [3.63, 3.8) is 0 Å². The lowest BCUT2D eigenvalue weighted by atomic mass is 10.2. The Kier molecular flexibility index (Phi) is 5.56. The number of hydrogen-bond donors (Lipinski definition) is 3. The van der Waals surface area contributed by atoms with E-state index < -0.39 is 30.4 Å². The third-order valence-corrected chi connectivity index (χ3v) is 2.98. The number of carboxylic acid groups (broad SMARTS) is 2. The third-order valence-electron chi connectivity index (χ3n) is 2.98. The average Bonchev–Trinajstić information content (AvgIpc) is 2.52. The molecule has 1 fully saturated rings. The van der Waals surface area contributed by atoms with E-state index in [4.69, 9.17) is 10.2 Å². The minimum atomic E-state index is -1.40. The summed E-state index contributed by atoms with van der Waals surface area (Å²) in [6, 6.07) is -1.92. The van der Waals surface area contributed by atoms with Gasteiger partial charge in [-0.05, 0) is 20.0 Å². The average molecular weight is 273 g/mol. The van der Waals surface area contributed by atoms with Crippen molar-refractivity contribution in [2.75, 3.05) is 33.2 Å². The Balaban J connectivity index is 2.55. The van der Waals surface area contributed by atoms with E-state index in [2.05, 4.69) is 10.2 Å². The monoisotopic (exact) mass is 273 g/mol. The number of urea groups is 1. The largest absolute Gasteiger partial charge is 0.481 e. The van der Waals surface area contributed by atoms with E-state index in [-0.39, 0.29) is 0 Å². The second-order valence-corrected chi connectivity index (χ2v) is 4.58. The molecule has 0 saturated carbocycles. The van der Waals surface area contributed by atoms with Crippen molar-refractivity contribution >= 4 is 18.0 Å². The van der Waals surface area contributed by atoms with Crippen LogP contribution < -0.4 is 5.32 Å². The fourth-order valence-electron chi connectivity index (χ4n) is 1.86. The lowest BCUT2D eigenvalue weighted by molar-refractivity contribution is -0.145. The summed E-state index contributed by atoms with van der Waals surface area (Å²) < 4.78 is 0. The maximum atomic E-state index is 11.9. The maximum Gasteiger partial charge on any atom is 0.326 e. The first-order chi connectivity index (χ1) is 8.90. The molecule has 1 saturated heterocycles. The topological polar surface area (TPSA) is 110 Å². The molecule has 3 N–H and O–H groups in total. The fourth-order valence-corrected chi connectivity index (χ4v) is 1.86. The van der Waals surface area contributed by atoms with Crippen molar-refractivity contribution in [2.24, 2.45) is 0 Å². The first kappa shape index (κ1) is 15.2. The third kappa shape index (κ3) is 5.12. The van der Waals surface area contributed by atoms with Crippen molar-refractivity contribution in [3.05, 3.63) is 0 Å². The second-order valence-electron chi connectivity index (χ2n) is 4.58. The van der Waals surface area contributed by atoms with E-state index >= 15 is 0 Å². The van der Waals surface area contributed by atoms with Gasteiger partial charge in [0.1, 0.15) is 6.04 Å². The predicted octanol–water partition coefficient (Wildman–Crippen LogP) is -0.739. The van der Waals surface area contributed by atoms with Crippen molar-refractivity contribution in [3.8, 4) is 0 Å². The first-order valence-corrected chi connectivity index (χ1v) is 6.08. The van der Waals surface area contributed by atoms with Crippen LogP contribution >= 0.6 is 0 Å². The molecule has 1 rings (SSSR count). The molecule has 19 heavy (non-hydrogen) atoms. The Morgan fingerprint density at radius 1 is 1.16 bits per heavy atom. The molecule has 1 aliphatic rings. The highest BCUT2D eigenvalue weighted by Crippen LogP contribution is 2.03. The van der Waals surface area contributed by atoms with E-state index in [0.717, 1.165) is 13.0 Å². The van der Waals surface area contributed by atoms with Gasteiger partial charge in [0.05, 0.1) is 6.42 Å². The molecule has 8 nitrogen and oxygen atoms in total. The number of carbonyl (C=O) groups is 3. The molecule has 1 aliphatic heterocycles.